The predicted molar refractivity (Wildman–Crippen MR) is 61.6 cm³/mol. The summed E-state index contributed by atoms with van der Waals surface area (Å²) in [6.07, 6.45) is -0.230. The van der Waals surface area contributed by atoms with Gasteiger partial charge in [-0.05, 0) is 0 Å². The summed E-state index contributed by atoms with van der Waals surface area (Å²) in [7, 11) is 1.51. The largest absolute Gasteiger partial charge is 0.388 e. The van der Waals surface area contributed by atoms with Gasteiger partial charge in [0.1, 0.15) is 23.8 Å². The number of aliphatic hydroxyl groups excluding tert-OH is 1. The number of rotatable bonds is 2. The molecule has 0 bridgehead atoms. The molecule has 2 aromatic rings. The van der Waals surface area contributed by atoms with Gasteiger partial charge in [0.25, 0.3) is 0 Å². The summed E-state index contributed by atoms with van der Waals surface area (Å²) in [5.41, 5.74) is 6.87. The molecule has 3 atom stereocenters. The van der Waals surface area contributed by atoms with E-state index < -0.39 is 18.3 Å². The quantitative estimate of drug-likeness (QED) is 0.650. The maximum absolute atomic E-state index is 9.70. The molecule has 96 valence electrons. The average Bonchev–Trinajstić information content (AvgIpc) is 2.95. The minimum Gasteiger partial charge on any atom is -0.388 e. The van der Waals surface area contributed by atoms with E-state index >= 15 is 0 Å². The van der Waals surface area contributed by atoms with Gasteiger partial charge in [-0.3, -0.25) is 0 Å². The summed E-state index contributed by atoms with van der Waals surface area (Å²) in [5, 5.41) is 9.70. The lowest BCUT2D eigenvalue weighted by atomic mass is 10.1. The molecule has 1 aliphatic heterocycles. The van der Waals surface area contributed by atoms with Crippen LogP contribution >= 0.6 is 0 Å². The number of imidazole rings is 1. The van der Waals surface area contributed by atoms with Gasteiger partial charge in [-0.15, -0.1) is 0 Å². The summed E-state index contributed by atoms with van der Waals surface area (Å²) in [6.45, 7) is 0.186. The fraction of sp³-hybridized carbons (Fsp3) is 0.500. The molecule has 0 amide bonds. The van der Waals surface area contributed by atoms with Crippen molar-refractivity contribution >= 4 is 17.0 Å². The number of hydrogen-bond donors (Lipinski definition) is 3. The van der Waals surface area contributed by atoms with Crippen LogP contribution in [0, 0.1) is 0 Å². The topological polar surface area (TPSA) is 119 Å². The molecule has 18 heavy (non-hydrogen) atoms. The third kappa shape index (κ3) is 1.62. The number of nitrogens with two attached hydrogens (primary N) is 1. The highest BCUT2D eigenvalue weighted by atomic mass is 16.6. The lowest BCUT2D eigenvalue weighted by molar-refractivity contribution is -0.0142. The zero-order valence-corrected chi connectivity index (χ0v) is 9.70. The Kier molecular flexibility index (Phi) is 2.62. The van der Waals surface area contributed by atoms with E-state index in [-0.39, 0.29) is 6.61 Å². The molecule has 8 heteroatoms. The van der Waals surface area contributed by atoms with Crippen molar-refractivity contribution in [3.63, 3.8) is 0 Å². The number of aromatic amines is 1. The summed E-state index contributed by atoms with van der Waals surface area (Å²) < 4.78 is 10.6. The molecular formula is C10H13N5O3. The van der Waals surface area contributed by atoms with Gasteiger partial charge in [0, 0.05) is 7.11 Å². The number of nitrogens with one attached hydrogen (secondary N) is 1. The van der Waals surface area contributed by atoms with E-state index in [1.165, 1.54) is 13.4 Å². The Morgan fingerprint density at radius 3 is 3.17 bits per heavy atom. The highest BCUT2D eigenvalue weighted by Gasteiger charge is 2.39. The second-order valence-electron chi connectivity index (χ2n) is 4.09. The summed E-state index contributed by atoms with van der Waals surface area (Å²) in [4.78, 5) is 15.3. The molecule has 0 spiro atoms. The van der Waals surface area contributed by atoms with Crippen molar-refractivity contribution < 1.29 is 14.6 Å². The van der Waals surface area contributed by atoms with Crippen LogP contribution in [-0.4, -0.2) is 51.0 Å². The van der Waals surface area contributed by atoms with Crippen molar-refractivity contribution in [2.24, 2.45) is 0 Å². The fourth-order valence-electron chi connectivity index (χ4n) is 2.10. The van der Waals surface area contributed by atoms with Crippen LogP contribution in [0.4, 0.5) is 5.82 Å². The van der Waals surface area contributed by atoms with Crippen LogP contribution in [0.25, 0.3) is 11.2 Å². The van der Waals surface area contributed by atoms with E-state index in [0.29, 0.717) is 22.8 Å². The average molecular weight is 251 g/mol. The van der Waals surface area contributed by atoms with Crippen LogP contribution < -0.4 is 5.73 Å². The number of aromatic nitrogens is 4. The molecular weight excluding hydrogens is 238 g/mol. The molecule has 0 aromatic carbocycles. The number of nitrogen functional groups attached to an aromatic ring is 1. The van der Waals surface area contributed by atoms with Crippen molar-refractivity contribution in [1.29, 1.82) is 0 Å². The van der Waals surface area contributed by atoms with E-state index in [2.05, 4.69) is 19.9 Å². The van der Waals surface area contributed by atoms with Crippen LogP contribution in [0.2, 0.25) is 0 Å². The number of nitrogens with zero attached hydrogens (tertiary/aromatic N) is 3. The molecule has 0 saturated carbocycles. The summed E-state index contributed by atoms with van der Waals surface area (Å²) in [6, 6.07) is 0. The maximum Gasteiger partial charge on any atom is 0.183 e. The zero-order valence-electron chi connectivity index (χ0n) is 9.70. The van der Waals surface area contributed by atoms with Crippen LogP contribution in [0.15, 0.2) is 6.33 Å². The van der Waals surface area contributed by atoms with Crippen molar-refractivity contribution in [2.45, 2.75) is 18.3 Å². The third-order valence-electron chi connectivity index (χ3n) is 2.98. The van der Waals surface area contributed by atoms with Gasteiger partial charge in [0.05, 0.1) is 12.9 Å². The molecule has 1 saturated heterocycles. The number of methoxy groups -OCH3 is 1. The number of aliphatic hydroxyl groups is 1. The number of fused-ring (bicyclic) bond motifs is 1. The van der Waals surface area contributed by atoms with Crippen molar-refractivity contribution in [3.05, 3.63) is 12.2 Å². The number of H-pyrrole nitrogens is 1. The van der Waals surface area contributed by atoms with Crippen molar-refractivity contribution in [3.8, 4) is 0 Å². The molecule has 0 radical (unpaired) electrons. The Morgan fingerprint density at radius 2 is 2.39 bits per heavy atom. The van der Waals surface area contributed by atoms with Gasteiger partial charge in [-0.1, -0.05) is 0 Å². The molecule has 8 nitrogen and oxygen atoms in total. The number of anilines is 1. The van der Waals surface area contributed by atoms with Crippen LogP contribution in [0.5, 0.6) is 0 Å². The van der Waals surface area contributed by atoms with Crippen LogP contribution in [-0.2, 0) is 9.47 Å². The lowest BCUT2D eigenvalue weighted by Gasteiger charge is -2.17. The van der Waals surface area contributed by atoms with Crippen LogP contribution in [0.3, 0.4) is 0 Å². The van der Waals surface area contributed by atoms with Crippen LogP contribution in [0.1, 0.15) is 11.9 Å². The van der Waals surface area contributed by atoms with Gasteiger partial charge < -0.3 is 25.3 Å². The Bertz CT molecular complexity index is 572. The molecule has 3 heterocycles. The normalized spacial score (nSPS) is 28.0. The van der Waals surface area contributed by atoms with Gasteiger partial charge in [0.2, 0.25) is 0 Å². The number of ether oxygens (including phenoxy) is 2. The minimum absolute atomic E-state index is 0.186. The molecule has 4 N–H and O–H groups in total. The molecule has 2 aromatic heterocycles. The van der Waals surface area contributed by atoms with Gasteiger partial charge in [-0.2, -0.15) is 0 Å². The zero-order chi connectivity index (χ0) is 12.7. The Balaban J connectivity index is 2.03. The Morgan fingerprint density at radius 1 is 1.56 bits per heavy atom. The highest BCUT2D eigenvalue weighted by molar-refractivity contribution is 5.80. The van der Waals surface area contributed by atoms with E-state index in [0.717, 1.165) is 0 Å². The SMILES string of the molecule is CO[C@@H]1C(c2nc(N)c3[nH]cnc3n2)OC[C@H]1O. The maximum atomic E-state index is 9.70. The summed E-state index contributed by atoms with van der Waals surface area (Å²) in [5.74, 6) is 0.669. The fourth-order valence-corrected chi connectivity index (χ4v) is 2.10. The third-order valence-corrected chi connectivity index (χ3v) is 2.98. The van der Waals surface area contributed by atoms with Gasteiger partial charge in [0.15, 0.2) is 17.3 Å². The first-order valence-electron chi connectivity index (χ1n) is 5.49. The van der Waals surface area contributed by atoms with E-state index in [9.17, 15) is 5.11 Å². The molecule has 3 rings (SSSR count). The first kappa shape index (κ1) is 11.3. The smallest absolute Gasteiger partial charge is 0.183 e. The Hall–Kier alpha value is -1.77. The van der Waals surface area contributed by atoms with Gasteiger partial charge >= 0.3 is 0 Å². The lowest BCUT2D eigenvalue weighted by Crippen LogP contribution is -2.28. The van der Waals surface area contributed by atoms with Gasteiger partial charge in [-0.25, -0.2) is 15.0 Å². The first-order valence-corrected chi connectivity index (χ1v) is 5.49. The van der Waals surface area contributed by atoms with Crippen molar-refractivity contribution in [2.75, 3.05) is 19.5 Å². The number of hydrogen-bond acceptors (Lipinski definition) is 7. The standard InChI is InChI=1S/C10H13N5O3/c1-17-6-4(16)2-18-7(6)10-14-8(11)5-9(15-10)13-3-12-5/h3-4,6-7,16H,2H2,1H3,(H3,11,12,13,14,15)/t4-,6+,7?/m1/s1. The monoisotopic (exact) mass is 251 g/mol. The highest BCUT2D eigenvalue weighted by Crippen LogP contribution is 2.30. The second-order valence-corrected chi connectivity index (χ2v) is 4.09. The Labute approximate surface area is 102 Å². The molecule has 0 aliphatic carbocycles. The predicted octanol–water partition coefficient (Wildman–Crippen LogP) is -0.618. The first-order chi connectivity index (χ1) is 8.70. The van der Waals surface area contributed by atoms with E-state index in [4.69, 9.17) is 15.2 Å². The minimum atomic E-state index is -0.695. The molecule has 1 aliphatic rings. The molecule has 1 unspecified atom stereocenters. The summed E-state index contributed by atoms with van der Waals surface area (Å²) >= 11 is 0. The second kappa shape index (κ2) is 4.16. The van der Waals surface area contributed by atoms with E-state index in [1.807, 2.05) is 0 Å². The van der Waals surface area contributed by atoms with Crippen molar-refractivity contribution in [1.82, 2.24) is 19.9 Å². The molecule has 1 fully saturated rings. The van der Waals surface area contributed by atoms with E-state index in [1.54, 1.807) is 0 Å².